The Bertz CT molecular complexity index is 839. The van der Waals surface area contributed by atoms with Crippen LogP contribution in [0.1, 0.15) is 32.1 Å². The number of benzene rings is 1. The van der Waals surface area contributed by atoms with Gasteiger partial charge in [0.1, 0.15) is 5.70 Å². The largest absolute Gasteiger partial charge is 0.298 e. The minimum absolute atomic E-state index is 0.0936. The summed E-state index contributed by atoms with van der Waals surface area (Å²) in [5, 5.41) is 12.0. The summed E-state index contributed by atoms with van der Waals surface area (Å²) in [6.07, 6.45) is 7.12. The van der Waals surface area contributed by atoms with Crippen LogP contribution in [0.25, 0.3) is 5.70 Å². The molecule has 1 fully saturated rings. The Hall–Kier alpha value is -2.08. The summed E-state index contributed by atoms with van der Waals surface area (Å²) in [7, 11) is 0. The van der Waals surface area contributed by atoms with Crippen LogP contribution in [0.15, 0.2) is 47.0 Å². The molecule has 124 valence electrons. The summed E-state index contributed by atoms with van der Waals surface area (Å²) < 4.78 is 0. The first-order valence-corrected chi connectivity index (χ1v) is 9.35. The first-order valence-electron chi connectivity index (χ1n) is 8.37. The van der Waals surface area contributed by atoms with Crippen LogP contribution in [0.3, 0.4) is 0 Å². The molecule has 0 radical (unpaired) electrons. The highest BCUT2D eigenvalue weighted by molar-refractivity contribution is 8.14. The van der Waals surface area contributed by atoms with Crippen molar-refractivity contribution in [3.05, 3.63) is 47.5 Å². The third-order valence-electron chi connectivity index (χ3n) is 4.71. The van der Waals surface area contributed by atoms with E-state index in [9.17, 15) is 4.79 Å². The molecule has 1 aliphatic carbocycles. The van der Waals surface area contributed by atoms with E-state index in [2.05, 4.69) is 11.9 Å². The topological polar surface area (TPSA) is 57.1 Å². The Kier molecular flexibility index (Phi) is 3.92. The van der Waals surface area contributed by atoms with Crippen LogP contribution >= 0.6 is 11.8 Å². The lowest BCUT2D eigenvalue weighted by Crippen LogP contribution is -2.59. The lowest BCUT2D eigenvalue weighted by molar-refractivity contribution is -0.116. The zero-order chi connectivity index (χ0) is 16.6. The standard InChI is InChI=1S/C18H20N4OS/c1-2-12-24-17-19-16(23)15-13-8-4-5-9-14(13)20-18(22(15)21-17)10-6-3-7-11-18/h2,4-5,8-9H,1,3,6-7,10-12H2,(H,19,21,23). The van der Waals surface area contributed by atoms with Gasteiger partial charge in [-0.3, -0.25) is 15.1 Å². The van der Waals surface area contributed by atoms with Crippen molar-refractivity contribution >= 4 is 28.5 Å². The van der Waals surface area contributed by atoms with E-state index < -0.39 is 5.66 Å². The normalized spacial score (nSPS) is 21.3. The number of hydrogen-bond donors (Lipinski definition) is 1. The molecule has 1 saturated carbocycles. The number of fused-ring (bicyclic) bond motifs is 3. The van der Waals surface area contributed by atoms with E-state index in [4.69, 9.17) is 10.1 Å². The highest BCUT2D eigenvalue weighted by atomic mass is 32.2. The Balaban J connectivity index is 1.91. The fraction of sp³-hybridized carbons (Fsp3) is 0.389. The Morgan fingerprint density at radius 2 is 2.08 bits per heavy atom. The van der Waals surface area contributed by atoms with Crippen LogP contribution in [-0.2, 0) is 4.79 Å². The summed E-state index contributed by atoms with van der Waals surface area (Å²) in [6.45, 7) is 3.73. The number of para-hydroxylation sites is 1. The fourth-order valence-electron chi connectivity index (χ4n) is 3.64. The molecule has 24 heavy (non-hydrogen) atoms. The molecule has 1 aromatic rings. The number of hydrazone groups is 1. The molecular weight excluding hydrogens is 320 g/mol. The predicted octanol–water partition coefficient (Wildman–Crippen LogP) is 1.71. The Morgan fingerprint density at radius 1 is 1.29 bits per heavy atom. The van der Waals surface area contributed by atoms with Gasteiger partial charge in [0.2, 0.25) is 0 Å². The molecule has 2 heterocycles. The van der Waals surface area contributed by atoms with Gasteiger partial charge in [0, 0.05) is 11.0 Å². The van der Waals surface area contributed by atoms with Gasteiger partial charge in [0.05, 0.1) is 5.36 Å². The van der Waals surface area contributed by atoms with E-state index in [1.54, 1.807) is 0 Å². The number of carbonyl (C=O) groups excluding carboxylic acids is 1. The van der Waals surface area contributed by atoms with Crippen LogP contribution < -0.4 is 15.9 Å². The van der Waals surface area contributed by atoms with E-state index in [0.29, 0.717) is 16.6 Å². The number of carbonyl (C=O) groups is 1. The second-order valence-electron chi connectivity index (χ2n) is 6.29. The van der Waals surface area contributed by atoms with Crippen molar-refractivity contribution in [2.75, 3.05) is 5.75 Å². The van der Waals surface area contributed by atoms with Crippen LogP contribution in [-0.4, -0.2) is 27.5 Å². The van der Waals surface area contributed by atoms with Crippen LogP contribution in [0.4, 0.5) is 0 Å². The van der Waals surface area contributed by atoms with E-state index in [0.717, 1.165) is 36.3 Å². The fourth-order valence-corrected chi connectivity index (χ4v) is 4.22. The van der Waals surface area contributed by atoms with Gasteiger partial charge in [0.25, 0.3) is 5.91 Å². The van der Waals surface area contributed by atoms with Gasteiger partial charge in [-0.25, -0.2) is 5.01 Å². The predicted molar refractivity (Wildman–Crippen MR) is 96.5 cm³/mol. The van der Waals surface area contributed by atoms with Gasteiger partial charge in [-0.05, 0) is 31.7 Å². The van der Waals surface area contributed by atoms with Crippen molar-refractivity contribution < 1.29 is 4.79 Å². The number of amidine groups is 1. The number of thioether (sulfide) groups is 1. The number of nitrogens with zero attached hydrogens (tertiary/aromatic N) is 3. The average Bonchev–Trinajstić information content (AvgIpc) is 2.61. The molecule has 0 unspecified atom stereocenters. The van der Waals surface area contributed by atoms with E-state index in [1.807, 2.05) is 35.4 Å². The third kappa shape index (κ3) is 2.45. The molecule has 4 rings (SSSR count). The minimum Gasteiger partial charge on any atom is -0.298 e. The van der Waals surface area contributed by atoms with Crippen LogP contribution in [0.5, 0.6) is 0 Å². The van der Waals surface area contributed by atoms with Crippen LogP contribution in [0.2, 0.25) is 0 Å². The summed E-state index contributed by atoms with van der Waals surface area (Å²) >= 11 is 1.49. The van der Waals surface area contributed by atoms with Gasteiger partial charge in [0.15, 0.2) is 10.8 Å². The van der Waals surface area contributed by atoms with Crippen molar-refractivity contribution in [2.24, 2.45) is 10.1 Å². The first-order chi connectivity index (χ1) is 11.7. The smallest absolute Gasteiger partial charge is 0.276 e. The maximum atomic E-state index is 12.8. The van der Waals surface area contributed by atoms with Gasteiger partial charge in [-0.2, -0.15) is 0 Å². The number of hydrogen-bond acceptors (Lipinski definition) is 5. The maximum Gasteiger partial charge on any atom is 0.276 e. The Labute approximate surface area is 145 Å². The molecule has 3 aliphatic rings. The van der Waals surface area contributed by atoms with E-state index in [-0.39, 0.29) is 5.91 Å². The lowest BCUT2D eigenvalue weighted by Gasteiger charge is -2.45. The average molecular weight is 340 g/mol. The molecular formula is C18H20N4OS. The molecule has 0 saturated heterocycles. The molecule has 2 aliphatic heterocycles. The van der Waals surface area contributed by atoms with Gasteiger partial charge < -0.3 is 0 Å². The quantitative estimate of drug-likeness (QED) is 0.834. The SMILES string of the molecule is C=CCSC1=NN2C(=c3ccccc3=NC23CCCCC3)C(=O)N1. The van der Waals surface area contributed by atoms with Gasteiger partial charge in [-0.15, -0.1) is 11.7 Å². The first kappa shape index (κ1) is 15.4. The highest BCUT2D eigenvalue weighted by Crippen LogP contribution is 2.39. The summed E-state index contributed by atoms with van der Waals surface area (Å²) in [5.74, 6) is 0.618. The molecule has 0 bridgehead atoms. The number of rotatable bonds is 2. The molecule has 5 nitrogen and oxygen atoms in total. The van der Waals surface area contributed by atoms with Crippen molar-refractivity contribution in [1.29, 1.82) is 0 Å². The molecule has 6 heteroatoms. The Morgan fingerprint density at radius 3 is 2.88 bits per heavy atom. The molecule has 1 aromatic carbocycles. The molecule has 1 N–H and O–H groups in total. The highest BCUT2D eigenvalue weighted by Gasteiger charge is 2.45. The van der Waals surface area contributed by atoms with Crippen molar-refractivity contribution in [1.82, 2.24) is 10.3 Å². The molecule has 0 atom stereocenters. The van der Waals surface area contributed by atoms with Crippen molar-refractivity contribution in [3.63, 3.8) is 0 Å². The molecule has 0 aromatic heterocycles. The summed E-state index contributed by atoms with van der Waals surface area (Å²) in [4.78, 5) is 17.9. The van der Waals surface area contributed by atoms with Gasteiger partial charge >= 0.3 is 0 Å². The van der Waals surface area contributed by atoms with E-state index >= 15 is 0 Å². The summed E-state index contributed by atoms with van der Waals surface area (Å²) in [5.41, 5.74) is 0.213. The second-order valence-corrected chi connectivity index (χ2v) is 7.30. The minimum atomic E-state index is -0.417. The summed E-state index contributed by atoms with van der Waals surface area (Å²) in [6, 6.07) is 7.87. The second kappa shape index (κ2) is 6.09. The molecule has 1 amide bonds. The van der Waals surface area contributed by atoms with Crippen molar-refractivity contribution in [2.45, 2.75) is 37.8 Å². The third-order valence-corrected chi connectivity index (χ3v) is 5.57. The van der Waals surface area contributed by atoms with E-state index in [1.165, 1.54) is 18.2 Å². The van der Waals surface area contributed by atoms with Crippen LogP contribution in [0, 0.1) is 0 Å². The zero-order valence-electron chi connectivity index (χ0n) is 13.5. The monoisotopic (exact) mass is 340 g/mol. The number of nitrogens with one attached hydrogen (secondary N) is 1. The zero-order valence-corrected chi connectivity index (χ0v) is 14.3. The molecule has 1 spiro atoms. The number of amides is 1. The van der Waals surface area contributed by atoms with Crippen molar-refractivity contribution in [3.8, 4) is 0 Å². The van der Waals surface area contributed by atoms with Gasteiger partial charge in [-0.1, -0.05) is 42.5 Å². The maximum absolute atomic E-state index is 12.8. The lowest BCUT2D eigenvalue weighted by atomic mass is 9.87.